The van der Waals surface area contributed by atoms with Gasteiger partial charge in [-0.2, -0.15) is 0 Å². The minimum atomic E-state index is 0.209. The van der Waals surface area contributed by atoms with Gasteiger partial charge >= 0.3 is 0 Å². The predicted octanol–water partition coefficient (Wildman–Crippen LogP) is 1.54. The zero-order valence-corrected chi connectivity index (χ0v) is 10.2. The normalized spacial score (nSPS) is 17.1. The van der Waals surface area contributed by atoms with Gasteiger partial charge in [0, 0.05) is 19.2 Å². The van der Waals surface area contributed by atoms with Crippen molar-refractivity contribution in [1.82, 2.24) is 5.32 Å². The lowest BCUT2D eigenvalue weighted by Crippen LogP contribution is -2.29. The molecule has 1 unspecified atom stereocenters. The first-order valence-electron chi connectivity index (χ1n) is 6.49. The van der Waals surface area contributed by atoms with E-state index in [2.05, 4.69) is 29.6 Å². The number of aliphatic hydroxyl groups is 1. The molecule has 0 saturated heterocycles. The number of benzene rings is 1. The summed E-state index contributed by atoms with van der Waals surface area (Å²) < 4.78 is 0. The maximum atomic E-state index is 8.78. The smallest absolute Gasteiger partial charge is 0.0444 e. The summed E-state index contributed by atoms with van der Waals surface area (Å²) in [5.74, 6) is 0.783. The van der Waals surface area contributed by atoms with Gasteiger partial charge < -0.3 is 16.2 Å². The van der Waals surface area contributed by atoms with Crippen LogP contribution in [0, 0.1) is 0 Å². The summed E-state index contributed by atoms with van der Waals surface area (Å²) >= 11 is 0. The van der Waals surface area contributed by atoms with E-state index in [1.54, 1.807) is 0 Å². The molecule has 0 bridgehead atoms. The lowest BCUT2D eigenvalue weighted by molar-refractivity contribution is 0.283. The standard InChI is InChI=1S/C14H22N2O/c15-10-14(16-7-2-8-17)13-4-1-3-12(9-13)11-5-6-11/h1,3-4,9,11,14,16-17H,2,5-8,10,15H2. The fourth-order valence-corrected chi connectivity index (χ4v) is 2.14. The van der Waals surface area contributed by atoms with E-state index in [-0.39, 0.29) is 12.6 Å². The third-order valence-electron chi connectivity index (χ3n) is 3.32. The molecule has 0 heterocycles. The second-order valence-electron chi connectivity index (χ2n) is 4.76. The Kier molecular flexibility index (Phi) is 4.54. The molecule has 2 rings (SSSR count). The van der Waals surface area contributed by atoms with E-state index < -0.39 is 0 Å². The van der Waals surface area contributed by atoms with E-state index in [4.69, 9.17) is 10.8 Å². The second-order valence-corrected chi connectivity index (χ2v) is 4.76. The average Bonchev–Trinajstić information content (AvgIpc) is 3.19. The number of hydrogen-bond acceptors (Lipinski definition) is 3. The highest BCUT2D eigenvalue weighted by molar-refractivity contribution is 5.31. The Balaban J connectivity index is 1.99. The number of nitrogens with two attached hydrogens (primary N) is 1. The van der Waals surface area contributed by atoms with Crippen LogP contribution in [0.15, 0.2) is 24.3 Å². The zero-order valence-electron chi connectivity index (χ0n) is 10.2. The van der Waals surface area contributed by atoms with Gasteiger partial charge in [-0.1, -0.05) is 24.3 Å². The number of aliphatic hydroxyl groups excluding tert-OH is 1. The van der Waals surface area contributed by atoms with Gasteiger partial charge in [-0.15, -0.1) is 0 Å². The molecule has 3 heteroatoms. The van der Waals surface area contributed by atoms with Crippen molar-refractivity contribution >= 4 is 0 Å². The van der Waals surface area contributed by atoms with Gasteiger partial charge in [0.15, 0.2) is 0 Å². The van der Waals surface area contributed by atoms with Crippen molar-refractivity contribution < 1.29 is 5.11 Å². The van der Waals surface area contributed by atoms with Gasteiger partial charge in [0.1, 0.15) is 0 Å². The molecule has 1 saturated carbocycles. The molecule has 0 aliphatic heterocycles. The zero-order chi connectivity index (χ0) is 12.1. The second kappa shape index (κ2) is 6.15. The van der Waals surface area contributed by atoms with Crippen molar-refractivity contribution in [2.75, 3.05) is 19.7 Å². The van der Waals surface area contributed by atoms with Gasteiger partial charge in [0.2, 0.25) is 0 Å². The Morgan fingerprint density at radius 3 is 2.88 bits per heavy atom. The van der Waals surface area contributed by atoms with Gasteiger partial charge in [-0.3, -0.25) is 0 Å². The van der Waals surface area contributed by atoms with Crippen LogP contribution < -0.4 is 11.1 Å². The number of nitrogens with one attached hydrogen (secondary N) is 1. The summed E-state index contributed by atoms with van der Waals surface area (Å²) in [6.07, 6.45) is 3.43. The SMILES string of the molecule is NCC(NCCCO)c1cccc(C2CC2)c1. The van der Waals surface area contributed by atoms with Gasteiger partial charge in [0.05, 0.1) is 0 Å². The molecule has 3 nitrogen and oxygen atoms in total. The Morgan fingerprint density at radius 1 is 1.41 bits per heavy atom. The largest absolute Gasteiger partial charge is 0.396 e. The molecule has 17 heavy (non-hydrogen) atoms. The summed E-state index contributed by atoms with van der Waals surface area (Å²) in [4.78, 5) is 0. The molecule has 1 aromatic rings. The van der Waals surface area contributed by atoms with E-state index in [9.17, 15) is 0 Å². The van der Waals surface area contributed by atoms with Crippen LogP contribution in [0.4, 0.5) is 0 Å². The maximum Gasteiger partial charge on any atom is 0.0444 e. The number of hydrogen-bond donors (Lipinski definition) is 3. The average molecular weight is 234 g/mol. The van der Waals surface area contributed by atoms with Crippen molar-refractivity contribution in [3.63, 3.8) is 0 Å². The Hall–Kier alpha value is -0.900. The molecule has 1 fully saturated rings. The summed E-state index contributed by atoms with van der Waals surface area (Å²) in [5.41, 5.74) is 8.53. The fourth-order valence-electron chi connectivity index (χ4n) is 2.14. The highest BCUT2D eigenvalue weighted by atomic mass is 16.3. The van der Waals surface area contributed by atoms with Crippen molar-refractivity contribution in [3.8, 4) is 0 Å². The van der Waals surface area contributed by atoms with Crippen LogP contribution >= 0.6 is 0 Å². The third-order valence-corrected chi connectivity index (χ3v) is 3.32. The van der Waals surface area contributed by atoms with Crippen molar-refractivity contribution in [2.24, 2.45) is 5.73 Å². The van der Waals surface area contributed by atoms with Gasteiger partial charge in [-0.05, 0) is 42.9 Å². The van der Waals surface area contributed by atoms with E-state index >= 15 is 0 Å². The molecule has 1 aromatic carbocycles. The maximum absolute atomic E-state index is 8.78. The van der Waals surface area contributed by atoms with E-state index in [0.29, 0.717) is 6.54 Å². The van der Waals surface area contributed by atoms with Crippen molar-refractivity contribution in [3.05, 3.63) is 35.4 Å². The highest BCUT2D eigenvalue weighted by Crippen LogP contribution is 2.40. The Morgan fingerprint density at radius 2 is 2.24 bits per heavy atom. The minimum absolute atomic E-state index is 0.209. The van der Waals surface area contributed by atoms with Gasteiger partial charge in [0.25, 0.3) is 0 Å². The topological polar surface area (TPSA) is 58.3 Å². The third kappa shape index (κ3) is 3.53. The lowest BCUT2D eigenvalue weighted by atomic mass is 10.0. The van der Waals surface area contributed by atoms with Crippen LogP contribution in [0.5, 0.6) is 0 Å². The molecule has 0 spiro atoms. The van der Waals surface area contributed by atoms with Crippen LogP contribution in [-0.2, 0) is 0 Å². The van der Waals surface area contributed by atoms with Crippen molar-refractivity contribution in [1.29, 1.82) is 0 Å². The molecule has 0 radical (unpaired) electrons. The highest BCUT2D eigenvalue weighted by Gasteiger charge is 2.23. The van der Waals surface area contributed by atoms with Crippen molar-refractivity contribution in [2.45, 2.75) is 31.2 Å². The minimum Gasteiger partial charge on any atom is -0.396 e. The molecule has 0 aromatic heterocycles. The molecule has 94 valence electrons. The molecule has 1 atom stereocenters. The fraction of sp³-hybridized carbons (Fsp3) is 0.571. The van der Waals surface area contributed by atoms with Gasteiger partial charge in [-0.25, -0.2) is 0 Å². The first-order chi connectivity index (χ1) is 8.35. The summed E-state index contributed by atoms with van der Waals surface area (Å²) in [7, 11) is 0. The van der Waals surface area contributed by atoms with Crippen LogP contribution in [0.25, 0.3) is 0 Å². The van der Waals surface area contributed by atoms with Crippen LogP contribution in [0.2, 0.25) is 0 Å². The monoisotopic (exact) mass is 234 g/mol. The summed E-state index contributed by atoms with van der Waals surface area (Å²) in [6, 6.07) is 8.96. The van der Waals surface area contributed by atoms with Crippen LogP contribution in [0.1, 0.15) is 42.3 Å². The Bertz CT molecular complexity index is 350. The Labute approximate surface area is 103 Å². The predicted molar refractivity (Wildman–Crippen MR) is 69.9 cm³/mol. The van der Waals surface area contributed by atoms with E-state index in [0.717, 1.165) is 18.9 Å². The van der Waals surface area contributed by atoms with E-state index in [1.807, 2.05) is 0 Å². The van der Waals surface area contributed by atoms with Crippen LogP contribution in [0.3, 0.4) is 0 Å². The van der Waals surface area contributed by atoms with E-state index in [1.165, 1.54) is 24.0 Å². The number of rotatable bonds is 7. The first-order valence-corrected chi connectivity index (χ1v) is 6.49. The molecular formula is C14H22N2O. The summed E-state index contributed by atoms with van der Waals surface area (Å²) in [6.45, 7) is 1.64. The molecule has 1 aliphatic rings. The quantitative estimate of drug-likeness (QED) is 0.627. The first kappa shape index (κ1) is 12.6. The lowest BCUT2D eigenvalue weighted by Gasteiger charge is -2.18. The molecular weight excluding hydrogens is 212 g/mol. The molecule has 1 aliphatic carbocycles. The summed E-state index contributed by atoms with van der Waals surface area (Å²) in [5, 5.41) is 12.2. The molecule has 4 N–H and O–H groups in total. The van der Waals surface area contributed by atoms with Crippen LogP contribution in [-0.4, -0.2) is 24.8 Å². The molecule has 0 amide bonds.